The van der Waals surface area contributed by atoms with Gasteiger partial charge >= 0.3 is 5.97 Å². The number of rotatable bonds is 4. The maximum absolute atomic E-state index is 12.5. The topological polar surface area (TPSA) is 70.5 Å². The summed E-state index contributed by atoms with van der Waals surface area (Å²) in [6.07, 6.45) is 0. The van der Waals surface area contributed by atoms with Crippen LogP contribution < -0.4 is 0 Å². The molecule has 0 bridgehead atoms. The summed E-state index contributed by atoms with van der Waals surface area (Å²) in [5, 5.41) is 9.24. The van der Waals surface area contributed by atoms with Crippen molar-refractivity contribution in [3.8, 4) is 0 Å². The molecule has 0 atom stereocenters. The number of likely N-dealkylation sites (N-methyl/N-ethyl adjacent to an activating group) is 1. The van der Waals surface area contributed by atoms with Gasteiger partial charge in [-0.05, 0) is 46.8 Å². The predicted molar refractivity (Wildman–Crippen MR) is 72.1 cm³/mol. The molecule has 0 radical (unpaired) electrons. The fraction of sp³-hybridized carbons (Fsp3) is 0.500. The van der Waals surface area contributed by atoms with E-state index in [1.807, 2.05) is 6.92 Å². The summed E-state index contributed by atoms with van der Waals surface area (Å²) in [7, 11) is 0. The molecule has 0 unspecified atom stereocenters. The summed E-state index contributed by atoms with van der Waals surface area (Å²) >= 11 is 0. The van der Waals surface area contributed by atoms with Gasteiger partial charge in [0.25, 0.3) is 5.91 Å². The normalized spacial score (nSPS) is 11.2. The SMILES string of the molecule is CCN(C(=O)c1ccc(C)nc1C)C(C)(C)C(=O)O. The summed E-state index contributed by atoms with van der Waals surface area (Å²) in [5.41, 5.74) is 0.643. The second-order valence-corrected chi connectivity index (χ2v) is 5.00. The molecule has 0 fully saturated rings. The van der Waals surface area contributed by atoms with Gasteiger partial charge in [-0.25, -0.2) is 4.79 Å². The summed E-state index contributed by atoms with van der Waals surface area (Å²) in [6.45, 7) is 8.73. The molecule has 0 aliphatic carbocycles. The van der Waals surface area contributed by atoms with Crippen molar-refractivity contribution >= 4 is 11.9 Å². The fourth-order valence-corrected chi connectivity index (χ4v) is 1.97. The highest BCUT2D eigenvalue weighted by Gasteiger charge is 2.37. The summed E-state index contributed by atoms with van der Waals surface area (Å²) in [6, 6.07) is 3.45. The average molecular weight is 264 g/mol. The summed E-state index contributed by atoms with van der Waals surface area (Å²) in [4.78, 5) is 29.4. The molecule has 104 valence electrons. The van der Waals surface area contributed by atoms with Gasteiger partial charge < -0.3 is 10.0 Å². The van der Waals surface area contributed by atoms with Crippen molar-refractivity contribution in [3.63, 3.8) is 0 Å². The zero-order chi connectivity index (χ0) is 14.8. The number of aryl methyl sites for hydroxylation is 2. The van der Waals surface area contributed by atoms with E-state index in [9.17, 15) is 14.7 Å². The van der Waals surface area contributed by atoms with Crippen LogP contribution in [0.4, 0.5) is 0 Å². The van der Waals surface area contributed by atoms with Crippen LogP contribution in [0.3, 0.4) is 0 Å². The number of aliphatic carboxylic acids is 1. The Balaban J connectivity index is 3.19. The van der Waals surface area contributed by atoms with Gasteiger partial charge in [0, 0.05) is 12.2 Å². The molecule has 0 saturated carbocycles. The number of carbonyl (C=O) groups excluding carboxylic acids is 1. The smallest absolute Gasteiger partial charge is 0.329 e. The Labute approximate surface area is 113 Å². The minimum absolute atomic E-state index is 0.306. The monoisotopic (exact) mass is 264 g/mol. The molecule has 0 spiro atoms. The van der Waals surface area contributed by atoms with Gasteiger partial charge in [0.2, 0.25) is 0 Å². The lowest BCUT2D eigenvalue weighted by Crippen LogP contribution is -2.53. The van der Waals surface area contributed by atoms with Crippen LogP contribution >= 0.6 is 0 Å². The molecule has 0 aliphatic rings. The molecule has 1 N–H and O–H groups in total. The van der Waals surface area contributed by atoms with Gasteiger partial charge in [0.15, 0.2) is 0 Å². The lowest BCUT2D eigenvalue weighted by atomic mass is 10.0. The third kappa shape index (κ3) is 2.92. The third-order valence-corrected chi connectivity index (χ3v) is 3.22. The van der Waals surface area contributed by atoms with Crippen molar-refractivity contribution in [2.45, 2.75) is 40.2 Å². The molecule has 0 aromatic carbocycles. The highest BCUT2D eigenvalue weighted by Crippen LogP contribution is 2.19. The first-order valence-corrected chi connectivity index (χ1v) is 6.21. The zero-order valence-corrected chi connectivity index (χ0v) is 12.0. The molecule has 1 aromatic rings. The Morgan fingerprint density at radius 2 is 1.89 bits per heavy atom. The number of aromatic nitrogens is 1. The van der Waals surface area contributed by atoms with E-state index in [-0.39, 0.29) is 5.91 Å². The van der Waals surface area contributed by atoms with Gasteiger partial charge in [0.05, 0.1) is 11.3 Å². The first-order valence-electron chi connectivity index (χ1n) is 6.21. The van der Waals surface area contributed by atoms with E-state index in [0.717, 1.165) is 5.69 Å². The number of carboxylic acids is 1. The zero-order valence-electron chi connectivity index (χ0n) is 12.0. The van der Waals surface area contributed by atoms with Gasteiger partial charge in [-0.15, -0.1) is 0 Å². The van der Waals surface area contributed by atoms with Crippen LogP contribution in [0.1, 0.15) is 42.5 Å². The van der Waals surface area contributed by atoms with Crippen LogP contribution in [0.5, 0.6) is 0 Å². The Morgan fingerprint density at radius 3 is 2.32 bits per heavy atom. The third-order valence-electron chi connectivity index (χ3n) is 3.22. The van der Waals surface area contributed by atoms with Gasteiger partial charge in [0.1, 0.15) is 5.54 Å². The van der Waals surface area contributed by atoms with Crippen LogP contribution in [-0.4, -0.2) is 39.0 Å². The summed E-state index contributed by atoms with van der Waals surface area (Å²) < 4.78 is 0. The Hall–Kier alpha value is -1.91. The molecule has 0 aliphatic heterocycles. The lowest BCUT2D eigenvalue weighted by Gasteiger charge is -2.34. The van der Waals surface area contributed by atoms with Crippen LogP contribution in [0.15, 0.2) is 12.1 Å². The number of hydrogen-bond acceptors (Lipinski definition) is 3. The maximum Gasteiger partial charge on any atom is 0.329 e. The van der Waals surface area contributed by atoms with Crippen LogP contribution in [-0.2, 0) is 4.79 Å². The molecule has 0 saturated heterocycles. The molecular weight excluding hydrogens is 244 g/mol. The molecule has 1 heterocycles. The molecule has 5 heteroatoms. The number of pyridine rings is 1. The van der Waals surface area contributed by atoms with E-state index >= 15 is 0 Å². The second kappa shape index (κ2) is 5.38. The van der Waals surface area contributed by atoms with Crippen LogP contribution in [0.25, 0.3) is 0 Å². The van der Waals surface area contributed by atoms with Crippen LogP contribution in [0, 0.1) is 13.8 Å². The van der Waals surface area contributed by atoms with E-state index in [4.69, 9.17) is 0 Å². The number of nitrogens with zero attached hydrogens (tertiary/aromatic N) is 2. The van der Waals surface area contributed by atoms with Gasteiger partial charge in [-0.2, -0.15) is 0 Å². The molecule has 5 nitrogen and oxygen atoms in total. The first kappa shape index (κ1) is 15.1. The Morgan fingerprint density at radius 1 is 1.32 bits per heavy atom. The van der Waals surface area contributed by atoms with Crippen molar-refractivity contribution in [1.29, 1.82) is 0 Å². The highest BCUT2D eigenvalue weighted by atomic mass is 16.4. The van der Waals surface area contributed by atoms with Crippen molar-refractivity contribution in [2.24, 2.45) is 0 Å². The van der Waals surface area contributed by atoms with E-state index in [1.54, 1.807) is 26.0 Å². The average Bonchev–Trinajstić information content (AvgIpc) is 2.28. The largest absolute Gasteiger partial charge is 0.480 e. The van der Waals surface area contributed by atoms with E-state index in [0.29, 0.717) is 17.8 Å². The van der Waals surface area contributed by atoms with Gasteiger partial charge in [-0.1, -0.05) is 0 Å². The lowest BCUT2D eigenvalue weighted by molar-refractivity contribution is -0.147. The number of amides is 1. The van der Waals surface area contributed by atoms with E-state index < -0.39 is 11.5 Å². The van der Waals surface area contributed by atoms with Crippen molar-refractivity contribution in [2.75, 3.05) is 6.54 Å². The van der Waals surface area contributed by atoms with Crippen LogP contribution in [0.2, 0.25) is 0 Å². The highest BCUT2D eigenvalue weighted by molar-refractivity contribution is 5.98. The molecule has 1 aromatic heterocycles. The quantitative estimate of drug-likeness (QED) is 0.903. The minimum atomic E-state index is -1.25. The van der Waals surface area contributed by atoms with E-state index in [2.05, 4.69) is 4.98 Å². The molecule has 19 heavy (non-hydrogen) atoms. The standard InChI is InChI=1S/C14H20N2O3/c1-6-16(14(4,5)13(18)19)12(17)11-8-7-9(2)15-10(11)3/h7-8H,6H2,1-5H3,(H,18,19). The number of hydrogen-bond donors (Lipinski definition) is 1. The fourth-order valence-electron chi connectivity index (χ4n) is 1.97. The molecule has 1 amide bonds. The molecular formula is C14H20N2O3. The Bertz CT molecular complexity index is 509. The first-order chi connectivity index (χ1) is 8.71. The predicted octanol–water partition coefficient (Wildman–Crippen LogP) is 2.02. The maximum atomic E-state index is 12.5. The Kier molecular flexibility index (Phi) is 4.29. The minimum Gasteiger partial charge on any atom is -0.480 e. The van der Waals surface area contributed by atoms with Crippen molar-refractivity contribution in [3.05, 3.63) is 29.1 Å². The van der Waals surface area contributed by atoms with Crippen molar-refractivity contribution < 1.29 is 14.7 Å². The number of carbonyl (C=O) groups is 2. The van der Waals surface area contributed by atoms with Crippen molar-refractivity contribution in [1.82, 2.24) is 9.88 Å². The second-order valence-electron chi connectivity index (χ2n) is 5.00. The van der Waals surface area contributed by atoms with E-state index in [1.165, 1.54) is 18.7 Å². The number of carboxylic acid groups (broad SMARTS) is 1. The molecule has 1 rings (SSSR count). The summed E-state index contributed by atoms with van der Waals surface area (Å²) in [5.74, 6) is -1.33. The van der Waals surface area contributed by atoms with Gasteiger partial charge in [-0.3, -0.25) is 9.78 Å².